The summed E-state index contributed by atoms with van der Waals surface area (Å²) in [7, 11) is 1.77. The molecular formula is C21H23ClN2O2. The minimum absolute atomic E-state index is 0.0121. The lowest BCUT2D eigenvalue weighted by Gasteiger charge is -2.30. The van der Waals surface area contributed by atoms with Crippen LogP contribution in [0, 0.1) is 0 Å². The first-order valence-corrected chi connectivity index (χ1v) is 9.28. The normalized spacial score (nSPS) is 19.9. The van der Waals surface area contributed by atoms with E-state index in [1.54, 1.807) is 16.8 Å². The molecule has 0 spiro atoms. The van der Waals surface area contributed by atoms with Crippen molar-refractivity contribution in [3.05, 3.63) is 70.7 Å². The van der Waals surface area contributed by atoms with E-state index in [2.05, 4.69) is 0 Å². The van der Waals surface area contributed by atoms with Gasteiger partial charge in [-0.1, -0.05) is 61.0 Å². The summed E-state index contributed by atoms with van der Waals surface area (Å²) in [5.74, 6) is -0.0173. The summed E-state index contributed by atoms with van der Waals surface area (Å²) in [6, 6.07) is 16.7. The molecule has 1 heterocycles. The fourth-order valence-corrected chi connectivity index (χ4v) is 3.65. The number of benzene rings is 2. The number of likely N-dealkylation sites (N-methyl/N-ethyl adjacent to an activating group) is 1. The van der Waals surface area contributed by atoms with Gasteiger partial charge < -0.3 is 9.80 Å². The van der Waals surface area contributed by atoms with Gasteiger partial charge in [0.15, 0.2) is 0 Å². The predicted molar refractivity (Wildman–Crippen MR) is 103 cm³/mol. The van der Waals surface area contributed by atoms with Gasteiger partial charge >= 0.3 is 0 Å². The van der Waals surface area contributed by atoms with Crippen molar-refractivity contribution in [1.29, 1.82) is 0 Å². The van der Waals surface area contributed by atoms with Crippen LogP contribution in [0.25, 0.3) is 0 Å². The predicted octanol–water partition coefficient (Wildman–Crippen LogP) is 4.05. The molecule has 1 saturated heterocycles. The first kappa shape index (κ1) is 18.5. The molecule has 0 N–H and O–H groups in total. The molecule has 136 valence electrons. The molecule has 2 amide bonds. The molecule has 0 aromatic heterocycles. The molecule has 2 unspecified atom stereocenters. The van der Waals surface area contributed by atoms with E-state index in [0.29, 0.717) is 17.9 Å². The Morgan fingerprint density at radius 2 is 1.73 bits per heavy atom. The molecule has 1 fully saturated rings. The Kier molecular flexibility index (Phi) is 5.62. The summed E-state index contributed by atoms with van der Waals surface area (Å²) in [4.78, 5) is 29.3. The summed E-state index contributed by atoms with van der Waals surface area (Å²) in [5, 5.41) is 0.657. The van der Waals surface area contributed by atoms with Crippen LogP contribution in [0.2, 0.25) is 5.02 Å². The maximum absolute atomic E-state index is 13.0. The van der Waals surface area contributed by atoms with Gasteiger partial charge in [0.1, 0.15) is 12.2 Å². The zero-order valence-electron chi connectivity index (χ0n) is 15.1. The highest BCUT2D eigenvalue weighted by Gasteiger charge is 2.46. The number of hydrogen-bond acceptors (Lipinski definition) is 2. The van der Waals surface area contributed by atoms with E-state index in [4.69, 9.17) is 11.6 Å². The summed E-state index contributed by atoms with van der Waals surface area (Å²) in [5.41, 5.74) is 1.94. The van der Waals surface area contributed by atoms with E-state index < -0.39 is 6.04 Å². The molecule has 1 aliphatic rings. The van der Waals surface area contributed by atoms with E-state index in [1.165, 1.54) is 0 Å². The Morgan fingerprint density at radius 1 is 1.08 bits per heavy atom. The molecule has 0 bridgehead atoms. The molecule has 2 atom stereocenters. The standard InChI is InChI=1S/C21H23ClN2O2/c1-3-7-19(25)24-18(14-15-10-12-17(22)13-11-15)21(26)23(2)20(24)16-8-5-4-6-9-16/h4-6,8-13,18,20H,3,7,14H2,1-2H3. The fraction of sp³-hybridized carbons (Fsp3) is 0.333. The minimum atomic E-state index is -0.495. The zero-order valence-corrected chi connectivity index (χ0v) is 15.8. The average molecular weight is 371 g/mol. The highest BCUT2D eigenvalue weighted by molar-refractivity contribution is 6.30. The van der Waals surface area contributed by atoms with Gasteiger partial charge in [-0.2, -0.15) is 0 Å². The number of nitrogens with zero attached hydrogens (tertiary/aromatic N) is 2. The minimum Gasteiger partial charge on any atom is -0.319 e. The Bertz CT molecular complexity index is 776. The third-order valence-electron chi connectivity index (χ3n) is 4.79. The van der Waals surface area contributed by atoms with Gasteiger partial charge in [-0.15, -0.1) is 0 Å². The molecule has 0 aliphatic carbocycles. The third kappa shape index (κ3) is 3.61. The van der Waals surface area contributed by atoms with Crippen molar-refractivity contribution < 1.29 is 9.59 Å². The Balaban J connectivity index is 1.96. The number of carbonyl (C=O) groups is 2. The molecule has 26 heavy (non-hydrogen) atoms. The lowest BCUT2D eigenvalue weighted by Crippen LogP contribution is -2.40. The number of carbonyl (C=O) groups excluding carboxylic acids is 2. The van der Waals surface area contributed by atoms with E-state index in [9.17, 15) is 9.59 Å². The first-order valence-electron chi connectivity index (χ1n) is 8.90. The van der Waals surface area contributed by atoms with Crippen molar-refractivity contribution in [2.24, 2.45) is 0 Å². The fourth-order valence-electron chi connectivity index (χ4n) is 3.52. The molecule has 0 radical (unpaired) electrons. The average Bonchev–Trinajstić information content (AvgIpc) is 2.89. The van der Waals surface area contributed by atoms with Crippen molar-refractivity contribution in [2.75, 3.05) is 7.05 Å². The van der Waals surface area contributed by atoms with E-state index in [-0.39, 0.29) is 18.0 Å². The lowest BCUT2D eigenvalue weighted by molar-refractivity contribution is -0.136. The molecule has 3 rings (SSSR count). The molecule has 5 heteroatoms. The summed E-state index contributed by atoms with van der Waals surface area (Å²) >= 11 is 5.96. The Morgan fingerprint density at radius 3 is 2.35 bits per heavy atom. The number of halogens is 1. The second-order valence-corrected chi connectivity index (χ2v) is 7.07. The van der Waals surface area contributed by atoms with Crippen LogP contribution in [0.15, 0.2) is 54.6 Å². The van der Waals surface area contributed by atoms with Gasteiger partial charge in [0.2, 0.25) is 11.8 Å². The SMILES string of the molecule is CCCC(=O)N1C(Cc2ccc(Cl)cc2)C(=O)N(C)C1c1ccccc1. The second kappa shape index (κ2) is 7.92. The Labute approximate surface area is 159 Å². The summed E-state index contributed by atoms with van der Waals surface area (Å²) in [6.07, 6.45) is 1.31. The van der Waals surface area contributed by atoms with Crippen LogP contribution < -0.4 is 0 Å². The monoisotopic (exact) mass is 370 g/mol. The van der Waals surface area contributed by atoms with Crippen molar-refractivity contribution in [2.45, 2.75) is 38.4 Å². The van der Waals surface area contributed by atoms with Gasteiger partial charge in [-0.05, 0) is 29.7 Å². The van der Waals surface area contributed by atoms with Gasteiger partial charge in [0.05, 0.1) is 0 Å². The largest absolute Gasteiger partial charge is 0.319 e. The van der Waals surface area contributed by atoms with E-state index in [1.807, 2.05) is 61.5 Å². The molecule has 2 aromatic rings. The van der Waals surface area contributed by atoms with Gasteiger partial charge in [-0.3, -0.25) is 9.59 Å². The van der Waals surface area contributed by atoms with E-state index >= 15 is 0 Å². The third-order valence-corrected chi connectivity index (χ3v) is 5.04. The zero-order chi connectivity index (χ0) is 18.7. The van der Waals surface area contributed by atoms with Crippen molar-refractivity contribution >= 4 is 23.4 Å². The first-order chi connectivity index (χ1) is 12.5. The van der Waals surface area contributed by atoms with Crippen LogP contribution in [0.4, 0.5) is 0 Å². The van der Waals surface area contributed by atoms with Crippen molar-refractivity contribution in [3.63, 3.8) is 0 Å². The maximum atomic E-state index is 13.0. The molecule has 1 aliphatic heterocycles. The van der Waals surface area contributed by atoms with Crippen LogP contribution >= 0.6 is 11.6 Å². The second-order valence-electron chi connectivity index (χ2n) is 6.63. The van der Waals surface area contributed by atoms with Gasteiger partial charge in [0, 0.05) is 24.9 Å². The number of hydrogen-bond donors (Lipinski definition) is 0. The molecular weight excluding hydrogens is 348 g/mol. The molecule has 2 aromatic carbocycles. The molecule has 4 nitrogen and oxygen atoms in total. The van der Waals surface area contributed by atoms with Crippen LogP contribution in [0.1, 0.15) is 37.1 Å². The Hall–Kier alpha value is -2.33. The van der Waals surface area contributed by atoms with Crippen LogP contribution in [-0.2, 0) is 16.0 Å². The quantitative estimate of drug-likeness (QED) is 0.796. The van der Waals surface area contributed by atoms with Gasteiger partial charge in [-0.25, -0.2) is 0 Å². The van der Waals surface area contributed by atoms with Gasteiger partial charge in [0.25, 0.3) is 0 Å². The summed E-state index contributed by atoms with van der Waals surface area (Å²) < 4.78 is 0. The number of rotatable bonds is 5. The van der Waals surface area contributed by atoms with Crippen molar-refractivity contribution in [1.82, 2.24) is 9.80 Å². The smallest absolute Gasteiger partial charge is 0.247 e. The maximum Gasteiger partial charge on any atom is 0.247 e. The van der Waals surface area contributed by atoms with Crippen LogP contribution in [0.3, 0.4) is 0 Å². The number of amides is 2. The van der Waals surface area contributed by atoms with Crippen molar-refractivity contribution in [3.8, 4) is 0 Å². The topological polar surface area (TPSA) is 40.6 Å². The lowest BCUT2D eigenvalue weighted by atomic mass is 10.0. The highest BCUT2D eigenvalue weighted by atomic mass is 35.5. The van der Waals surface area contributed by atoms with E-state index in [0.717, 1.165) is 17.5 Å². The summed E-state index contributed by atoms with van der Waals surface area (Å²) in [6.45, 7) is 1.98. The van der Waals surface area contributed by atoms with Crippen LogP contribution in [-0.4, -0.2) is 34.7 Å². The molecule has 0 saturated carbocycles. The van der Waals surface area contributed by atoms with Crippen LogP contribution in [0.5, 0.6) is 0 Å². The highest BCUT2D eigenvalue weighted by Crippen LogP contribution is 2.35.